The molecule has 108 valence electrons. The van der Waals surface area contributed by atoms with Gasteiger partial charge in [-0.15, -0.1) is 0 Å². The molecule has 2 N–H and O–H groups in total. The Balaban J connectivity index is 2.72. The van der Waals surface area contributed by atoms with E-state index in [-0.39, 0.29) is 17.2 Å². The number of nitrogens with one attached hydrogen (secondary N) is 2. The number of hydrogen-bond acceptors (Lipinski definition) is 7. The molecule has 8 nitrogen and oxygen atoms in total. The molecule has 1 aromatic heterocycles. The van der Waals surface area contributed by atoms with Crippen LogP contribution in [0.15, 0.2) is 17.3 Å². The van der Waals surface area contributed by atoms with E-state index >= 15 is 0 Å². The van der Waals surface area contributed by atoms with Crippen molar-refractivity contribution >= 4 is 25.8 Å². The number of aromatic nitrogens is 2. The zero-order valence-electron chi connectivity index (χ0n) is 10.6. The molecular weight excluding hydrogens is 292 g/mol. The summed E-state index contributed by atoms with van der Waals surface area (Å²) in [5.74, 6) is 0.0697. The van der Waals surface area contributed by atoms with E-state index in [2.05, 4.69) is 20.0 Å². The molecule has 0 amide bonds. The van der Waals surface area contributed by atoms with Gasteiger partial charge < -0.3 is 5.32 Å². The fourth-order valence-electron chi connectivity index (χ4n) is 1.15. The number of rotatable bonds is 7. The topological polar surface area (TPSA) is 118 Å². The predicted octanol–water partition coefficient (Wildman–Crippen LogP) is -0.769. The standard InChI is InChI=1S/C9H16N4O4S2/c1-3-10-9-11-6-8(7-12-9)19(16,17)13-4-5-18(2,14)15/h6-7,13H,3-5H2,1-2H3,(H,10,11,12). The van der Waals surface area contributed by atoms with Gasteiger partial charge in [0.2, 0.25) is 16.0 Å². The molecule has 1 aromatic rings. The number of sulfonamides is 1. The zero-order chi connectivity index (χ0) is 14.5. The average molecular weight is 308 g/mol. The Labute approximate surface area is 112 Å². The van der Waals surface area contributed by atoms with Crippen LogP contribution in [0.4, 0.5) is 5.95 Å². The maximum atomic E-state index is 11.8. The lowest BCUT2D eigenvalue weighted by Gasteiger charge is -2.06. The molecule has 1 rings (SSSR count). The summed E-state index contributed by atoms with van der Waals surface area (Å²) in [4.78, 5) is 7.56. The van der Waals surface area contributed by atoms with E-state index < -0.39 is 19.9 Å². The SMILES string of the molecule is CCNc1ncc(S(=O)(=O)NCCS(C)(=O)=O)cn1. The first-order chi connectivity index (χ1) is 8.74. The van der Waals surface area contributed by atoms with Crippen LogP contribution in [0.25, 0.3) is 0 Å². The Morgan fingerprint density at radius 2 is 1.74 bits per heavy atom. The second kappa shape index (κ2) is 6.26. The van der Waals surface area contributed by atoms with Crippen LogP contribution in [0.3, 0.4) is 0 Å². The van der Waals surface area contributed by atoms with Crippen LogP contribution in [-0.2, 0) is 19.9 Å². The molecule has 0 aliphatic carbocycles. The van der Waals surface area contributed by atoms with Crippen LogP contribution in [0, 0.1) is 0 Å². The molecule has 0 saturated carbocycles. The highest BCUT2D eigenvalue weighted by atomic mass is 32.2. The summed E-state index contributed by atoms with van der Waals surface area (Å²) < 4.78 is 47.5. The molecule has 0 radical (unpaired) electrons. The highest BCUT2D eigenvalue weighted by molar-refractivity contribution is 7.91. The lowest BCUT2D eigenvalue weighted by atomic mass is 10.6. The van der Waals surface area contributed by atoms with Crippen LogP contribution in [0.5, 0.6) is 0 Å². The van der Waals surface area contributed by atoms with Gasteiger partial charge in [0.25, 0.3) is 0 Å². The van der Waals surface area contributed by atoms with Crippen molar-refractivity contribution < 1.29 is 16.8 Å². The van der Waals surface area contributed by atoms with E-state index in [4.69, 9.17) is 0 Å². The molecule has 0 atom stereocenters. The van der Waals surface area contributed by atoms with Crippen molar-refractivity contribution in [3.8, 4) is 0 Å². The van der Waals surface area contributed by atoms with Gasteiger partial charge in [0.05, 0.1) is 18.1 Å². The van der Waals surface area contributed by atoms with Gasteiger partial charge in [-0.25, -0.2) is 31.5 Å². The second-order valence-electron chi connectivity index (χ2n) is 3.80. The van der Waals surface area contributed by atoms with Gasteiger partial charge in [-0.3, -0.25) is 0 Å². The van der Waals surface area contributed by atoms with Crippen LogP contribution in [0.2, 0.25) is 0 Å². The Morgan fingerprint density at radius 1 is 1.16 bits per heavy atom. The van der Waals surface area contributed by atoms with Gasteiger partial charge in [0.15, 0.2) is 0 Å². The Bertz CT molecular complexity index is 610. The van der Waals surface area contributed by atoms with Gasteiger partial charge in [0.1, 0.15) is 14.7 Å². The maximum Gasteiger partial charge on any atom is 0.243 e. The molecule has 0 saturated heterocycles. The maximum absolute atomic E-state index is 11.8. The quantitative estimate of drug-likeness (QED) is 0.679. The van der Waals surface area contributed by atoms with Gasteiger partial charge in [-0.05, 0) is 6.92 Å². The minimum absolute atomic E-state index is 0.109. The summed E-state index contributed by atoms with van der Waals surface area (Å²) in [6.07, 6.45) is 3.36. The first kappa shape index (κ1) is 15.8. The molecule has 0 aliphatic heterocycles. The van der Waals surface area contributed by atoms with E-state index in [1.165, 1.54) is 0 Å². The van der Waals surface area contributed by atoms with Crippen molar-refractivity contribution in [3.05, 3.63) is 12.4 Å². The fourth-order valence-corrected chi connectivity index (χ4v) is 2.67. The van der Waals surface area contributed by atoms with Crippen molar-refractivity contribution in [3.63, 3.8) is 0 Å². The molecule has 10 heteroatoms. The summed E-state index contributed by atoms with van der Waals surface area (Å²) in [7, 11) is -6.99. The molecule has 0 fully saturated rings. The summed E-state index contributed by atoms with van der Waals surface area (Å²) in [5.41, 5.74) is 0. The summed E-state index contributed by atoms with van der Waals surface area (Å²) in [6, 6.07) is 0. The molecular formula is C9H16N4O4S2. The fraction of sp³-hybridized carbons (Fsp3) is 0.556. The van der Waals surface area contributed by atoms with Crippen molar-refractivity contribution in [1.82, 2.24) is 14.7 Å². The third-order valence-corrected chi connectivity index (χ3v) is 4.40. The second-order valence-corrected chi connectivity index (χ2v) is 7.83. The van der Waals surface area contributed by atoms with Crippen LogP contribution in [-0.4, -0.2) is 51.9 Å². The molecule has 19 heavy (non-hydrogen) atoms. The van der Waals surface area contributed by atoms with Gasteiger partial charge in [-0.1, -0.05) is 0 Å². The highest BCUT2D eigenvalue weighted by Gasteiger charge is 2.15. The normalized spacial score (nSPS) is 12.3. The van der Waals surface area contributed by atoms with Crippen molar-refractivity contribution in [2.24, 2.45) is 0 Å². The Morgan fingerprint density at radius 3 is 2.21 bits per heavy atom. The number of anilines is 1. The summed E-state index contributed by atoms with van der Waals surface area (Å²) in [5, 5.41) is 2.83. The monoisotopic (exact) mass is 308 g/mol. The van der Waals surface area contributed by atoms with Crippen molar-refractivity contribution in [2.45, 2.75) is 11.8 Å². The van der Waals surface area contributed by atoms with E-state index in [1.807, 2.05) is 6.92 Å². The molecule has 1 heterocycles. The van der Waals surface area contributed by atoms with Crippen molar-refractivity contribution in [1.29, 1.82) is 0 Å². The first-order valence-corrected chi connectivity index (χ1v) is 9.02. The summed E-state index contributed by atoms with van der Waals surface area (Å²) in [6.45, 7) is 2.30. The van der Waals surface area contributed by atoms with E-state index in [1.54, 1.807) is 0 Å². The van der Waals surface area contributed by atoms with E-state index in [0.29, 0.717) is 12.5 Å². The largest absolute Gasteiger partial charge is 0.355 e. The van der Waals surface area contributed by atoms with E-state index in [9.17, 15) is 16.8 Å². The smallest absolute Gasteiger partial charge is 0.243 e. The average Bonchev–Trinajstić information content (AvgIpc) is 2.28. The third-order valence-electron chi connectivity index (χ3n) is 2.04. The lowest BCUT2D eigenvalue weighted by molar-refractivity contribution is 0.581. The third kappa shape index (κ3) is 5.49. The molecule has 0 unspecified atom stereocenters. The van der Waals surface area contributed by atoms with Gasteiger partial charge in [-0.2, -0.15) is 0 Å². The Hall–Kier alpha value is -1.26. The highest BCUT2D eigenvalue weighted by Crippen LogP contribution is 2.06. The molecule has 0 bridgehead atoms. The number of hydrogen-bond donors (Lipinski definition) is 2. The van der Waals surface area contributed by atoms with Crippen LogP contribution >= 0.6 is 0 Å². The zero-order valence-corrected chi connectivity index (χ0v) is 12.3. The van der Waals surface area contributed by atoms with E-state index in [0.717, 1.165) is 18.6 Å². The minimum Gasteiger partial charge on any atom is -0.355 e. The Kier molecular flexibility index (Phi) is 5.20. The summed E-state index contributed by atoms with van der Waals surface area (Å²) >= 11 is 0. The molecule has 0 aliphatic rings. The van der Waals surface area contributed by atoms with Crippen molar-refractivity contribution in [2.75, 3.05) is 30.4 Å². The van der Waals surface area contributed by atoms with Crippen LogP contribution < -0.4 is 10.0 Å². The molecule has 0 spiro atoms. The lowest BCUT2D eigenvalue weighted by Crippen LogP contribution is -2.29. The van der Waals surface area contributed by atoms with Gasteiger partial charge in [0, 0.05) is 19.3 Å². The number of sulfone groups is 1. The number of nitrogens with zero attached hydrogens (tertiary/aromatic N) is 2. The minimum atomic E-state index is -3.78. The first-order valence-electron chi connectivity index (χ1n) is 5.48. The predicted molar refractivity (Wildman–Crippen MR) is 71.1 cm³/mol. The molecule has 0 aromatic carbocycles. The van der Waals surface area contributed by atoms with Crippen LogP contribution in [0.1, 0.15) is 6.92 Å². The van der Waals surface area contributed by atoms with Gasteiger partial charge >= 0.3 is 0 Å².